The van der Waals surface area contributed by atoms with Gasteiger partial charge in [-0.1, -0.05) is 218 Å². The molecule has 0 N–H and O–H groups in total. The number of hydrogen-bond donors (Lipinski definition) is 0. The van der Waals surface area contributed by atoms with Gasteiger partial charge in [0.2, 0.25) is 22.8 Å². The number of pyridine rings is 4. The van der Waals surface area contributed by atoms with E-state index in [-0.39, 0.29) is 156 Å². The summed E-state index contributed by atoms with van der Waals surface area (Å²) in [6.45, 7) is -32.6. The second kappa shape index (κ2) is 36.8. The van der Waals surface area contributed by atoms with Gasteiger partial charge in [0.1, 0.15) is 28.2 Å². The molecule has 0 atom stereocenters. The Morgan fingerprint density at radius 3 is 0.760 bits per heavy atom. The predicted molar refractivity (Wildman–Crippen MR) is 515 cm³/mol. The summed E-state index contributed by atoms with van der Waals surface area (Å²) in [6.07, 6.45) is 5.73. The number of rotatable bonds is 12. The van der Waals surface area contributed by atoms with Gasteiger partial charge in [-0.15, -0.1) is 0 Å². The summed E-state index contributed by atoms with van der Waals surface area (Å²) < 4.78 is 398. The molecule has 0 aliphatic rings. The van der Waals surface area contributed by atoms with E-state index in [0.29, 0.717) is 89.5 Å². The van der Waals surface area contributed by atoms with E-state index in [1.165, 1.54) is 120 Å². The molecule has 121 heavy (non-hydrogen) atoms. The third kappa shape index (κ3) is 17.9. The lowest BCUT2D eigenvalue weighted by molar-refractivity contribution is -0.660. The van der Waals surface area contributed by atoms with Gasteiger partial charge in [0.05, 0.1) is 0 Å². The molecule has 0 saturated carbocycles. The maximum absolute atomic E-state index is 8.28. The van der Waals surface area contributed by atoms with E-state index in [1.807, 2.05) is 30.3 Å². The lowest BCUT2D eigenvalue weighted by Crippen LogP contribution is -2.31. The average Bonchev–Trinajstić information content (AvgIpc) is 0.664. The lowest BCUT2D eigenvalue weighted by atomic mass is 9.87. The largest absolute Gasteiger partial charge is 0.213 e. The summed E-state index contributed by atoms with van der Waals surface area (Å²) in [5, 5.41) is 0. The highest BCUT2D eigenvalue weighted by atomic mass is 14.9. The van der Waals surface area contributed by atoms with Crippen LogP contribution in [0, 0.1) is 144 Å². The molecule has 0 bridgehead atoms. The molecular formula is C117H122N4+4. The fourth-order valence-corrected chi connectivity index (χ4v) is 15.8. The fraction of sp³-hybridized carbons (Fsp3) is 0.214. The van der Waals surface area contributed by atoms with E-state index in [9.17, 15) is 0 Å². The van der Waals surface area contributed by atoms with Crippen molar-refractivity contribution in [2.24, 2.45) is 28.2 Å². The summed E-state index contributed by atoms with van der Waals surface area (Å²) in [7, 11) is 6.60. The van der Waals surface area contributed by atoms with Crippen molar-refractivity contribution in [2.75, 3.05) is 0 Å². The number of hydrogen-bond acceptors (Lipinski definition) is 0. The Bertz CT molecular complexity index is 8530. The van der Waals surface area contributed by atoms with Crippen LogP contribution in [0.5, 0.6) is 0 Å². The monoisotopic (exact) mass is 1630 g/mol. The first-order valence-corrected chi connectivity index (χ1v) is 38.9. The Balaban J connectivity index is 0.000000185. The quantitative estimate of drug-likeness (QED) is 0.108. The summed E-state index contributed by atoms with van der Waals surface area (Å²) in [5.74, 6) is 0. The highest BCUT2D eigenvalue weighted by molar-refractivity contribution is 5.87. The minimum absolute atomic E-state index is 0.00271. The summed E-state index contributed by atoms with van der Waals surface area (Å²) in [4.78, 5) is 0. The van der Waals surface area contributed by atoms with Crippen LogP contribution in [0.4, 0.5) is 0 Å². The number of aromatic nitrogens is 4. The summed E-state index contributed by atoms with van der Waals surface area (Å²) >= 11 is 0. The third-order valence-corrected chi connectivity index (χ3v) is 21.9. The predicted octanol–water partition coefficient (Wildman–Crippen LogP) is 28.5. The zero-order chi connectivity index (χ0) is 127. The van der Waals surface area contributed by atoms with Crippen LogP contribution in [0.15, 0.2) is 286 Å². The maximum Gasteiger partial charge on any atom is 0.213 e. The standard InChI is InChI=1S/2C30H32N.C29H30N.C28H28N/c1-19-11-8-9-14-25(19)30-22(4)15-16-26(24(30)6)28-17-27(23(5)18-31(28)7)29-20(2)12-10-13-21(29)3;1-19-12-14-25(22(4)16-19)28-17-29(31(7)18-23(28)5)27-15-13-21(3)30(24(27)6)26-11-9-8-10-20(26)2;1-19-11-7-9-13-24(19)27-17-28(30(6)18-22(27)4)26-16-15-21(3)29(23(26)5)25-14-10-8-12-20(25)2;1-19-11-9-10-14-24(19)28-20(2)15-16-25(22(28)4)27-17-26(21(3)18-29(27)5)23-12-7-6-8-13-23/h2*8-18H,1-7H3;7-18H,1-6H3;6-18H,1-5H3/q4*+1/i1D3,2D3,3D3,4D3,5D3;2D3,3D3,4D3,5D3;1D3,2D3,3D3,4D3;1D3,2D3,3D3. The molecule has 0 aliphatic heterocycles. The second-order valence-electron chi connectivity index (χ2n) is 29.9. The van der Waals surface area contributed by atoms with E-state index in [0.717, 1.165) is 5.56 Å². The number of nitrogens with zero attached hydrogens (tertiary/aromatic N) is 4. The smallest absolute Gasteiger partial charge is 0.201 e. The van der Waals surface area contributed by atoms with Crippen molar-refractivity contribution in [1.29, 1.82) is 0 Å². The van der Waals surface area contributed by atoms with Crippen molar-refractivity contribution >= 4 is 0 Å². The van der Waals surface area contributed by atoms with Gasteiger partial charge in [-0.3, -0.25) is 0 Å². The van der Waals surface area contributed by atoms with Crippen molar-refractivity contribution in [3.05, 3.63) is 402 Å². The molecule has 0 aliphatic carbocycles. The maximum atomic E-state index is 8.28. The molecule has 4 nitrogen and oxygen atoms in total. The second-order valence-corrected chi connectivity index (χ2v) is 29.9. The van der Waals surface area contributed by atoms with Gasteiger partial charge in [0.15, 0.2) is 24.8 Å². The zero-order valence-electron chi connectivity index (χ0n) is 116. The number of aryl methyl sites for hydroxylation is 21. The van der Waals surface area contributed by atoms with Crippen LogP contribution in [0.3, 0.4) is 0 Å². The van der Waals surface area contributed by atoms with E-state index in [1.54, 1.807) is 216 Å². The molecule has 0 unspecified atom stereocenters. The summed E-state index contributed by atoms with van der Waals surface area (Å²) in [6, 6.07) is 67.8. The first kappa shape index (κ1) is 44.0. The Morgan fingerprint density at radius 1 is 0.174 bits per heavy atom. The highest BCUT2D eigenvalue weighted by Gasteiger charge is 2.27. The molecule has 0 saturated heterocycles. The van der Waals surface area contributed by atoms with Crippen LogP contribution >= 0.6 is 0 Å². The van der Waals surface area contributed by atoms with Crippen LogP contribution in [-0.2, 0) is 28.2 Å². The van der Waals surface area contributed by atoms with E-state index in [2.05, 4.69) is 0 Å². The van der Waals surface area contributed by atoms with Crippen LogP contribution in [0.2, 0.25) is 0 Å². The SMILES string of the molecule is [2H]C([2H])([2H])c1c[n+](C)c(-c2ccc(C([2H])([2H])[2H])c(-c3ccccc3C([2H])([2H])[2H])c2C)cc1-c1c(C([2H])([2H])[2H])cccc1C([2H])([2H])[2H].[2H]C([2H])([2H])c1c[n+](C)c(-c2ccc(C([2H])([2H])[2H])c(-c3ccccc3C([2H])([2H])[2H])c2C)cc1-c1ccccc1.[2H]C([2H])([2H])c1cc(C)ccc1-c1cc(-c2ccc(C([2H])([2H])[2H])c(-c3ccccc3C([2H])([2H])[2H])c2C)[n+](C)cc1C([2H])([2H])[2H].[2H]C([2H])([2H])c1ccccc1-c1cc(-c2ccc(C([2H])([2H])[2H])c(-c3ccccc3C([2H])([2H])[2H])c2C)[n+](C)cc1C([2H])([2H])[2H]. The van der Waals surface area contributed by atoms with Crippen molar-refractivity contribution < 1.29 is 84.1 Å². The summed E-state index contributed by atoms with van der Waals surface area (Å²) in [5.41, 5.74) is 9.69. The topological polar surface area (TPSA) is 15.5 Å². The van der Waals surface area contributed by atoms with E-state index < -0.39 is 110 Å². The first-order valence-electron chi connectivity index (χ1n) is 62.9. The minimum atomic E-state index is -2.80. The molecule has 0 fully saturated rings. The van der Waals surface area contributed by atoms with Gasteiger partial charge in [0.25, 0.3) is 0 Å². The fourth-order valence-electron chi connectivity index (χ4n) is 15.8. The third-order valence-electron chi connectivity index (χ3n) is 21.9. The van der Waals surface area contributed by atoms with E-state index in [4.69, 9.17) is 65.8 Å². The lowest BCUT2D eigenvalue weighted by Gasteiger charge is -2.17. The highest BCUT2D eigenvalue weighted by Crippen LogP contribution is 2.43. The van der Waals surface area contributed by atoms with Gasteiger partial charge in [-0.2, -0.15) is 0 Å². The average molecular weight is 1630 g/mol. The Morgan fingerprint density at radius 2 is 0.421 bits per heavy atom. The molecule has 0 amide bonds. The molecule has 4 aromatic heterocycles. The van der Waals surface area contributed by atoms with Crippen molar-refractivity contribution in [2.45, 2.75) is 144 Å². The Hall–Kier alpha value is -12.8. The van der Waals surface area contributed by atoms with Gasteiger partial charge in [0, 0.05) is 135 Å². The zero-order valence-corrected chi connectivity index (χ0v) is 68.4. The van der Waals surface area contributed by atoms with Crippen LogP contribution in [0.25, 0.3) is 134 Å². The van der Waals surface area contributed by atoms with Gasteiger partial charge < -0.3 is 0 Å². The van der Waals surface area contributed by atoms with Crippen molar-refractivity contribution in [1.82, 2.24) is 0 Å². The van der Waals surface area contributed by atoms with E-state index >= 15 is 0 Å². The molecule has 4 heterocycles. The molecule has 12 aromatic carbocycles. The molecule has 4 heteroatoms. The van der Waals surface area contributed by atoms with Crippen LogP contribution in [-0.4, -0.2) is 0 Å². The Labute approximate surface area is 791 Å². The molecular weight excluding hydrogens is 1460 g/mol. The first-order chi connectivity index (χ1) is 77.3. The molecule has 0 radical (unpaired) electrons. The Kier molecular flexibility index (Phi) is 13.4. The van der Waals surface area contributed by atoms with Crippen LogP contribution in [0.1, 0.15) is 183 Å². The van der Waals surface area contributed by atoms with Gasteiger partial charge in [-0.25, -0.2) is 18.3 Å². The molecule has 16 rings (SSSR count). The van der Waals surface area contributed by atoms with Gasteiger partial charge >= 0.3 is 0 Å². The van der Waals surface area contributed by atoms with Gasteiger partial charge in [-0.05, 0) is 347 Å². The van der Waals surface area contributed by atoms with Crippen molar-refractivity contribution in [3.63, 3.8) is 0 Å². The van der Waals surface area contributed by atoms with Crippen LogP contribution < -0.4 is 18.3 Å². The normalized spacial score (nSPS) is 18.6. The number of benzene rings is 12. The molecule has 0 spiro atoms. The van der Waals surface area contributed by atoms with Crippen molar-refractivity contribution in [3.8, 4) is 134 Å². The molecule has 606 valence electrons. The minimum Gasteiger partial charge on any atom is -0.201 e. The molecule has 16 aromatic rings.